The number of aryl methyl sites for hydroxylation is 1. The zero-order valence-electron chi connectivity index (χ0n) is 9.57. The highest BCUT2D eigenvalue weighted by molar-refractivity contribution is 6.10. The van der Waals surface area contributed by atoms with Crippen LogP contribution in [0.5, 0.6) is 0 Å². The molecule has 3 aromatic rings. The fraction of sp³-hybridized carbons (Fsp3) is 0.0714. The molecule has 0 unspecified atom stereocenters. The van der Waals surface area contributed by atoms with E-state index in [1.165, 1.54) is 30.7 Å². The molecule has 18 heavy (non-hydrogen) atoms. The van der Waals surface area contributed by atoms with Crippen molar-refractivity contribution in [2.45, 2.75) is 6.92 Å². The van der Waals surface area contributed by atoms with Crippen molar-refractivity contribution >= 4 is 16.8 Å². The lowest BCUT2D eigenvalue weighted by atomic mass is 10.1. The molecule has 4 heteroatoms. The van der Waals surface area contributed by atoms with Gasteiger partial charge < -0.3 is 8.83 Å². The van der Waals surface area contributed by atoms with Gasteiger partial charge in [0, 0.05) is 10.9 Å². The monoisotopic (exact) mass is 244 g/mol. The summed E-state index contributed by atoms with van der Waals surface area (Å²) in [6.45, 7) is 1.73. The minimum absolute atomic E-state index is 0.219. The highest BCUT2D eigenvalue weighted by Crippen LogP contribution is 2.27. The summed E-state index contributed by atoms with van der Waals surface area (Å²) in [6, 6.07) is 5.75. The summed E-state index contributed by atoms with van der Waals surface area (Å²) in [6.07, 6.45) is 2.78. The molecular formula is C14H9FO3. The number of rotatable bonds is 2. The first kappa shape index (κ1) is 10.8. The second-order valence-corrected chi connectivity index (χ2v) is 4.04. The number of furan rings is 2. The fourth-order valence-corrected chi connectivity index (χ4v) is 1.93. The second-order valence-electron chi connectivity index (χ2n) is 4.04. The van der Waals surface area contributed by atoms with E-state index in [0.717, 1.165) is 0 Å². The lowest BCUT2D eigenvalue weighted by Crippen LogP contribution is -1.99. The van der Waals surface area contributed by atoms with E-state index < -0.39 is 0 Å². The molecule has 0 atom stereocenters. The van der Waals surface area contributed by atoms with Crippen LogP contribution >= 0.6 is 0 Å². The Kier molecular flexibility index (Phi) is 2.30. The van der Waals surface area contributed by atoms with Crippen LogP contribution in [0.3, 0.4) is 0 Å². The number of ketones is 1. The minimum Gasteiger partial charge on any atom is -0.472 e. The molecule has 0 aliphatic rings. The number of fused-ring (bicyclic) bond motifs is 1. The average Bonchev–Trinajstić information content (AvgIpc) is 2.98. The first-order valence-corrected chi connectivity index (χ1v) is 5.42. The summed E-state index contributed by atoms with van der Waals surface area (Å²) in [5.74, 6) is -0.399. The number of benzene rings is 1. The third kappa shape index (κ3) is 1.54. The Morgan fingerprint density at radius 2 is 2.11 bits per heavy atom. The summed E-state index contributed by atoms with van der Waals surface area (Å²) in [5.41, 5.74) is 1.55. The maximum absolute atomic E-state index is 13.2. The van der Waals surface area contributed by atoms with E-state index in [-0.39, 0.29) is 17.4 Å². The van der Waals surface area contributed by atoms with Crippen molar-refractivity contribution in [3.05, 3.63) is 59.5 Å². The Labute approximate surface area is 102 Å². The smallest absolute Gasteiger partial charge is 0.231 e. The van der Waals surface area contributed by atoms with Crippen LogP contribution in [0.2, 0.25) is 0 Å². The molecule has 0 fully saturated rings. The Balaban J connectivity index is 2.19. The number of halogens is 1. The van der Waals surface area contributed by atoms with Crippen LogP contribution in [0.25, 0.3) is 11.0 Å². The number of hydrogen-bond donors (Lipinski definition) is 0. The van der Waals surface area contributed by atoms with E-state index in [1.54, 1.807) is 13.0 Å². The predicted molar refractivity (Wildman–Crippen MR) is 63.0 cm³/mol. The van der Waals surface area contributed by atoms with Gasteiger partial charge in [-0.2, -0.15) is 0 Å². The van der Waals surface area contributed by atoms with Crippen molar-refractivity contribution < 1.29 is 18.0 Å². The normalized spacial score (nSPS) is 11.0. The molecule has 2 heterocycles. The first-order valence-electron chi connectivity index (χ1n) is 5.42. The van der Waals surface area contributed by atoms with E-state index >= 15 is 0 Å². The molecule has 0 aliphatic heterocycles. The maximum atomic E-state index is 13.2. The van der Waals surface area contributed by atoms with Crippen LogP contribution in [-0.2, 0) is 0 Å². The van der Waals surface area contributed by atoms with E-state index in [1.807, 2.05) is 0 Å². The van der Waals surface area contributed by atoms with Gasteiger partial charge in [-0.15, -0.1) is 0 Å². The lowest BCUT2D eigenvalue weighted by Gasteiger charge is -1.93. The summed E-state index contributed by atoms with van der Waals surface area (Å²) < 4.78 is 23.5. The van der Waals surface area contributed by atoms with E-state index in [2.05, 4.69) is 0 Å². The van der Waals surface area contributed by atoms with Crippen molar-refractivity contribution in [3.63, 3.8) is 0 Å². The van der Waals surface area contributed by atoms with Crippen molar-refractivity contribution in [1.29, 1.82) is 0 Å². The Hall–Kier alpha value is -2.36. The number of carbonyl (C=O) groups excluding carboxylic acids is 1. The molecule has 0 N–H and O–H groups in total. The third-order valence-corrected chi connectivity index (χ3v) is 2.89. The maximum Gasteiger partial charge on any atom is 0.231 e. The van der Waals surface area contributed by atoms with Crippen LogP contribution in [-0.4, -0.2) is 5.78 Å². The molecular weight excluding hydrogens is 235 g/mol. The predicted octanol–water partition coefficient (Wildman–Crippen LogP) is 3.70. The highest BCUT2D eigenvalue weighted by atomic mass is 19.1. The van der Waals surface area contributed by atoms with E-state index in [4.69, 9.17) is 8.83 Å². The molecule has 2 aromatic heterocycles. The number of hydrogen-bond acceptors (Lipinski definition) is 3. The molecule has 0 amide bonds. The topological polar surface area (TPSA) is 43.4 Å². The van der Waals surface area contributed by atoms with Gasteiger partial charge >= 0.3 is 0 Å². The van der Waals surface area contributed by atoms with Crippen molar-refractivity contribution in [2.75, 3.05) is 0 Å². The third-order valence-electron chi connectivity index (χ3n) is 2.89. The second kappa shape index (κ2) is 3.84. The van der Waals surface area contributed by atoms with Gasteiger partial charge in [0.05, 0.1) is 11.8 Å². The van der Waals surface area contributed by atoms with Crippen molar-refractivity contribution in [2.24, 2.45) is 0 Å². The van der Waals surface area contributed by atoms with Crippen LogP contribution in [0.15, 0.2) is 45.6 Å². The van der Waals surface area contributed by atoms with Gasteiger partial charge in [0.25, 0.3) is 0 Å². The van der Waals surface area contributed by atoms with E-state index in [0.29, 0.717) is 22.1 Å². The van der Waals surface area contributed by atoms with Crippen molar-refractivity contribution in [1.82, 2.24) is 0 Å². The Morgan fingerprint density at radius 3 is 2.83 bits per heavy atom. The Morgan fingerprint density at radius 1 is 1.28 bits per heavy atom. The van der Waals surface area contributed by atoms with E-state index in [9.17, 15) is 9.18 Å². The summed E-state index contributed by atoms with van der Waals surface area (Å²) in [5, 5.41) is 0.613. The molecule has 0 bridgehead atoms. The summed E-state index contributed by atoms with van der Waals surface area (Å²) >= 11 is 0. The van der Waals surface area contributed by atoms with Gasteiger partial charge in [-0.1, -0.05) is 0 Å². The highest BCUT2D eigenvalue weighted by Gasteiger charge is 2.20. The molecule has 0 radical (unpaired) electrons. The molecule has 0 saturated heterocycles. The van der Waals surface area contributed by atoms with Gasteiger partial charge in [-0.05, 0) is 31.2 Å². The average molecular weight is 244 g/mol. The molecule has 0 saturated carbocycles. The first-order chi connectivity index (χ1) is 8.66. The van der Waals surface area contributed by atoms with Crippen LogP contribution in [0.4, 0.5) is 4.39 Å². The SMILES string of the molecule is Cc1c(C(=O)c2ccoc2)oc2ccc(F)cc12. The van der Waals surface area contributed by atoms with Gasteiger partial charge in [0.15, 0.2) is 5.76 Å². The van der Waals surface area contributed by atoms with Gasteiger partial charge in [0.1, 0.15) is 17.7 Å². The minimum atomic E-state index is -0.353. The number of carbonyl (C=O) groups is 1. The molecule has 3 nitrogen and oxygen atoms in total. The molecule has 0 aliphatic carbocycles. The van der Waals surface area contributed by atoms with Gasteiger partial charge in [-0.3, -0.25) is 4.79 Å². The largest absolute Gasteiger partial charge is 0.472 e. The molecule has 0 spiro atoms. The Bertz CT molecular complexity index is 723. The lowest BCUT2D eigenvalue weighted by molar-refractivity contribution is 0.101. The molecule has 1 aromatic carbocycles. The zero-order valence-corrected chi connectivity index (χ0v) is 9.57. The zero-order chi connectivity index (χ0) is 12.7. The molecule has 3 rings (SSSR count). The van der Waals surface area contributed by atoms with Gasteiger partial charge in [0.2, 0.25) is 5.78 Å². The van der Waals surface area contributed by atoms with Crippen LogP contribution in [0.1, 0.15) is 21.7 Å². The summed E-state index contributed by atoms with van der Waals surface area (Å²) in [4.78, 5) is 12.1. The van der Waals surface area contributed by atoms with Crippen LogP contribution in [0, 0.1) is 12.7 Å². The summed E-state index contributed by atoms with van der Waals surface area (Å²) in [7, 11) is 0. The van der Waals surface area contributed by atoms with Crippen molar-refractivity contribution in [3.8, 4) is 0 Å². The van der Waals surface area contributed by atoms with Crippen LogP contribution < -0.4 is 0 Å². The fourth-order valence-electron chi connectivity index (χ4n) is 1.93. The molecule has 90 valence electrons. The quantitative estimate of drug-likeness (QED) is 0.645. The van der Waals surface area contributed by atoms with Gasteiger partial charge in [-0.25, -0.2) is 4.39 Å². The standard InChI is InChI=1S/C14H9FO3/c1-8-11-6-10(15)2-3-12(11)18-14(8)13(16)9-4-5-17-7-9/h2-7H,1H3.